The summed E-state index contributed by atoms with van der Waals surface area (Å²) in [7, 11) is 0. The van der Waals surface area contributed by atoms with Gasteiger partial charge >= 0.3 is 0 Å². The van der Waals surface area contributed by atoms with Crippen LogP contribution in [0.2, 0.25) is 0 Å². The minimum absolute atomic E-state index is 0. The first kappa shape index (κ1) is 27.2. The number of imidazole rings is 1. The Morgan fingerprint density at radius 3 is 2.40 bits per heavy atom. The van der Waals surface area contributed by atoms with E-state index in [9.17, 15) is 0 Å². The first-order valence-corrected chi connectivity index (χ1v) is 13.2. The van der Waals surface area contributed by atoms with Crippen LogP contribution in [0.5, 0.6) is 0 Å². The van der Waals surface area contributed by atoms with Gasteiger partial charge < -0.3 is 14.0 Å². The zero-order valence-corrected chi connectivity index (χ0v) is 24.9. The normalized spacial score (nSPS) is 10.8. The van der Waals surface area contributed by atoms with Gasteiger partial charge in [-0.25, -0.2) is 0 Å². The van der Waals surface area contributed by atoms with Gasteiger partial charge in [-0.15, -0.1) is 58.7 Å². The molecule has 0 unspecified atom stereocenters. The van der Waals surface area contributed by atoms with Gasteiger partial charge in [-0.2, -0.15) is 5.10 Å². The zero-order chi connectivity index (χ0) is 27.6. The molecule has 4 aromatic carbocycles. The van der Waals surface area contributed by atoms with Crippen molar-refractivity contribution in [1.82, 2.24) is 24.7 Å². The summed E-state index contributed by atoms with van der Waals surface area (Å²) in [5.41, 5.74) is 8.02. The standard InChI is InChI=1S/C24H15N4O.C11H8N.Ir/c1-15-11-12-18(22-21(15)17-9-5-6-10-20(17)29-22)23-26-19-13-14-25-27-24(19)28(23)16-7-3-2-4-8-16;1-2-6-10(7-3-1)11-8-4-5-9-12-11;/h2-11,13-14H,1H3;1-6,8-9H;/q2*-1;. The van der Waals surface area contributed by atoms with Crippen LogP contribution in [-0.4, -0.2) is 24.7 Å². The average Bonchev–Trinajstić information content (AvgIpc) is 3.63. The van der Waals surface area contributed by atoms with Crippen LogP contribution in [0.15, 0.2) is 126 Å². The van der Waals surface area contributed by atoms with E-state index in [4.69, 9.17) is 9.40 Å². The SMILES string of the molecule is Cc1c[c-]c(-c2nc3ccnnc3n2-c2ccccc2)c2oc3ccccc3c12.[Ir].[c-]1ccccc1-c1ccccn1. The molecule has 0 N–H and O–H groups in total. The third-order valence-corrected chi connectivity index (χ3v) is 6.87. The Hall–Kier alpha value is -4.97. The van der Waals surface area contributed by atoms with E-state index >= 15 is 0 Å². The molecule has 0 aliphatic carbocycles. The molecule has 0 amide bonds. The maximum Gasteiger partial charge on any atom is 0.178 e. The van der Waals surface area contributed by atoms with Crippen molar-refractivity contribution in [2.45, 2.75) is 6.92 Å². The second-order valence-corrected chi connectivity index (χ2v) is 9.49. The van der Waals surface area contributed by atoms with E-state index in [0.717, 1.165) is 61.4 Å². The number of fused-ring (bicyclic) bond motifs is 4. The van der Waals surface area contributed by atoms with Crippen LogP contribution in [0, 0.1) is 19.1 Å². The number of aryl methyl sites for hydroxylation is 1. The van der Waals surface area contributed by atoms with Crippen molar-refractivity contribution in [3.63, 3.8) is 0 Å². The molecule has 0 atom stereocenters. The third-order valence-electron chi connectivity index (χ3n) is 6.87. The first-order valence-electron chi connectivity index (χ1n) is 13.2. The Bertz CT molecular complexity index is 2070. The van der Waals surface area contributed by atoms with Gasteiger partial charge in [0.25, 0.3) is 0 Å². The van der Waals surface area contributed by atoms with Gasteiger partial charge in [0.1, 0.15) is 11.1 Å². The summed E-state index contributed by atoms with van der Waals surface area (Å²) in [6.45, 7) is 2.08. The number of para-hydroxylation sites is 2. The minimum Gasteiger partial charge on any atom is -0.501 e. The number of furan rings is 1. The monoisotopic (exact) mass is 722 g/mol. The Kier molecular flexibility index (Phi) is 7.69. The van der Waals surface area contributed by atoms with Gasteiger partial charge in [0.05, 0.1) is 17.6 Å². The van der Waals surface area contributed by atoms with Crippen molar-refractivity contribution in [3.8, 4) is 28.3 Å². The zero-order valence-electron chi connectivity index (χ0n) is 22.5. The molecule has 8 aromatic rings. The summed E-state index contributed by atoms with van der Waals surface area (Å²) in [6, 6.07) is 42.2. The van der Waals surface area contributed by atoms with Crippen molar-refractivity contribution < 1.29 is 24.5 Å². The van der Waals surface area contributed by atoms with Crippen LogP contribution in [0.3, 0.4) is 0 Å². The van der Waals surface area contributed by atoms with Gasteiger partial charge in [-0.05, 0) is 36.0 Å². The third kappa shape index (κ3) is 5.00. The van der Waals surface area contributed by atoms with Crippen LogP contribution >= 0.6 is 0 Å². The predicted molar refractivity (Wildman–Crippen MR) is 161 cm³/mol. The molecule has 4 heterocycles. The van der Waals surface area contributed by atoms with Crippen molar-refractivity contribution in [2.75, 3.05) is 0 Å². The number of benzene rings is 4. The number of nitrogens with zero attached hydrogens (tertiary/aromatic N) is 5. The largest absolute Gasteiger partial charge is 0.501 e. The molecule has 205 valence electrons. The van der Waals surface area contributed by atoms with Crippen molar-refractivity contribution in [3.05, 3.63) is 139 Å². The van der Waals surface area contributed by atoms with Crippen molar-refractivity contribution in [1.29, 1.82) is 0 Å². The predicted octanol–water partition coefficient (Wildman–Crippen LogP) is 8.04. The number of aromatic nitrogens is 5. The Labute approximate surface area is 256 Å². The molecule has 0 bridgehead atoms. The van der Waals surface area contributed by atoms with E-state index in [2.05, 4.69) is 40.3 Å². The van der Waals surface area contributed by atoms with Gasteiger partial charge in [0, 0.05) is 37.4 Å². The average molecular weight is 722 g/mol. The van der Waals surface area contributed by atoms with E-state index in [-0.39, 0.29) is 20.1 Å². The number of hydrogen-bond acceptors (Lipinski definition) is 5. The fraction of sp³-hybridized carbons (Fsp3) is 0.0286. The summed E-state index contributed by atoms with van der Waals surface area (Å²) in [5, 5.41) is 10.6. The molecule has 6 nitrogen and oxygen atoms in total. The molecule has 4 aromatic heterocycles. The molecule has 0 saturated carbocycles. The van der Waals surface area contributed by atoms with E-state index in [1.807, 2.05) is 108 Å². The second kappa shape index (κ2) is 11.9. The summed E-state index contributed by atoms with van der Waals surface area (Å²) < 4.78 is 8.30. The van der Waals surface area contributed by atoms with Crippen LogP contribution in [0.25, 0.3) is 61.4 Å². The molecule has 0 fully saturated rings. The molecule has 0 spiro atoms. The molecule has 8 rings (SSSR count). The van der Waals surface area contributed by atoms with Crippen molar-refractivity contribution in [2.24, 2.45) is 0 Å². The van der Waals surface area contributed by atoms with Gasteiger partial charge in [-0.1, -0.05) is 66.4 Å². The summed E-state index contributed by atoms with van der Waals surface area (Å²) >= 11 is 0. The second-order valence-electron chi connectivity index (χ2n) is 9.49. The number of hydrogen-bond donors (Lipinski definition) is 0. The Balaban J connectivity index is 0.000000205. The molecule has 0 aliphatic rings. The van der Waals surface area contributed by atoms with Gasteiger partial charge in [-0.3, -0.25) is 4.98 Å². The summed E-state index contributed by atoms with van der Waals surface area (Å²) in [6.07, 6.45) is 3.44. The summed E-state index contributed by atoms with van der Waals surface area (Å²) in [4.78, 5) is 9.10. The molecule has 0 aliphatic heterocycles. The topological polar surface area (TPSA) is 69.6 Å². The van der Waals surface area contributed by atoms with E-state index in [0.29, 0.717) is 5.65 Å². The maximum atomic E-state index is 6.29. The quantitative estimate of drug-likeness (QED) is 0.173. The molecule has 1 radical (unpaired) electrons. The van der Waals surface area contributed by atoms with Crippen LogP contribution < -0.4 is 0 Å². The maximum absolute atomic E-state index is 6.29. The van der Waals surface area contributed by atoms with Crippen LogP contribution in [0.4, 0.5) is 0 Å². The minimum atomic E-state index is 0. The van der Waals surface area contributed by atoms with E-state index in [1.165, 1.54) is 0 Å². The van der Waals surface area contributed by atoms with Gasteiger partial charge in [0.15, 0.2) is 5.65 Å². The molecular formula is C35H23IrN5O-2. The fourth-order valence-corrected chi connectivity index (χ4v) is 4.99. The van der Waals surface area contributed by atoms with E-state index in [1.54, 1.807) is 12.4 Å². The van der Waals surface area contributed by atoms with Crippen molar-refractivity contribution >= 4 is 33.1 Å². The van der Waals surface area contributed by atoms with Gasteiger partial charge in [0.2, 0.25) is 0 Å². The van der Waals surface area contributed by atoms with Crippen LogP contribution in [-0.2, 0) is 20.1 Å². The smallest absolute Gasteiger partial charge is 0.178 e. The Morgan fingerprint density at radius 2 is 1.60 bits per heavy atom. The molecule has 7 heteroatoms. The first-order chi connectivity index (χ1) is 20.3. The molecule has 42 heavy (non-hydrogen) atoms. The number of rotatable bonds is 3. The van der Waals surface area contributed by atoms with Crippen LogP contribution in [0.1, 0.15) is 5.56 Å². The molecular weight excluding hydrogens is 699 g/mol. The fourth-order valence-electron chi connectivity index (χ4n) is 4.99. The summed E-state index contributed by atoms with van der Waals surface area (Å²) in [5.74, 6) is 0.732. The number of pyridine rings is 1. The Morgan fingerprint density at radius 1 is 0.786 bits per heavy atom. The molecule has 0 saturated heterocycles. The van der Waals surface area contributed by atoms with E-state index < -0.39 is 0 Å².